The summed E-state index contributed by atoms with van der Waals surface area (Å²) in [6.07, 6.45) is 2.17. The van der Waals surface area contributed by atoms with Gasteiger partial charge in [0.15, 0.2) is 0 Å². The van der Waals surface area contributed by atoms with Crippen molar-refractivity contribution in [2.75, 3.05) is 27.3 Å². The topological polar surface area (TPSA) is 48.0 Å². The molecule has 0 unspecified atom stereocenters. The highest BCUT2D eigenvalue weighted by molar-refractivity contribution is 5.79. The van der Waals surface area contributed by atoms with Crippen LogP contribution in [0.15, 0.2) is 36.4 Å². The summed E-state index contributed by atoms with van der Waals surface area (Å²) in [5.41, 5.74) is 3.22. The van der Waals surface area contributed by atoms with Gasteiger partial charge in [0.25, 0.3) is 0 Å². The molecule has 1 aliphatic heterocycles. The number of ether oxygens (including phenoxy) is 3. The molecule has 0 spiro atoms. The molecule has 2 aromatic carbocycles. The highest BCUT2D eigenvalue weighted by Gasteiger charge is 2.25. The molecule has 0 bridgehead atoms. The van der Waals surface area contributed by atoms with E-state index in [-0.39, 0.29) is 12.0 Å². The maximum Gasteiger partial charge on any atom is 0.227 e. The molecule has 0 atom stereocenters. The number of methoxy groups -OCH3 is 2. The highest BCUT2D eigenvalue weighted by atomic mass is 16.5. The molecule has 2 aromatic rings. The molecular formula is C23H29NO4. The molecule has 0 saturated carbocycles. The summed E-state index contributed by atoms with van der Waals surface area (Å²) in [6.45, 7) is 5.57. The van der Waals surface area contributed by atoms with E-state index in [0.717, 1.165) is 35.5 Å². The lowest BCUT2D eigenvalue weighted by Crippen LogP contribution is -2.42. The van der Waals surface area contributed by atoms with E-state index in [4.69, 9.17) is 14.2 Å². The van der Waals surface area contributed by atoms with E-state index in [9.17, 15) is 4.79 Å². The smallest absolute Gasteiger partial charge is 0.227 e. The van der Waals surface area contributed by atoms with E-state index >= 15 is 0 Å². The highest BCUT2D eigenvalue weighted by Crippen LogP contribution is 2.27. The Labute approximate surface area is 167 Å². The zero-order chi connectivity index (χ0) is 20.1. The molecule has 5 heteroatoms. The number of rotatable bonds is 6. The van der Waals surface area contributed by atoms with Crippen LogP contribution in [-0.2, 0) is 11.2 Å². The van der Waals surface area contributed by atoms with Crippen molar-refractivity contribution in [1.29, 1.82) is 0 Å². The molecule has 1 aliphatic rings. The third kappa shape index (κ3) is 4.77. The van der Waals surface area contributed by atoms with Crippen molar-refractivity contribution in [3.8, 4) is 17.2 Å². The van der Waals surface area contributed by atoms with Gasteiger partial charge in [0.1, 0.15) is 23.4 Å². The first-order chi connectivity index (χ1) is 13.5. The minimum atomic E-state index is 0.119. The second kappa shape index (κ2) is 9.00. The Hall–Kier alpha value is -2.69. The van der Waals surface area contributed by atoms with Crippen LogP contribution in [0.25, 0.3) is 0 Å². The first-order valence-corrected chi connectivity index (χ1v) is 9.72. The first-order valence-electron chi connectivity index (χ1n) is 9.72. The van der Waals surface area contributed by atoms with Crippen LogP contribution in [0.5, 0.6) is 17.2 Å². The summed E-state index contributed by atoms with van der Waals surface area (Å²) in [7, 11) is 3.23. The average Bonchev–Trinajstić information content (AvgIpc) is 2.71. The molecule has 0 radical (unpaired) electrons. The van der Waals surface area contributed by atoms with E-state index in [1.54, 1.807) is 14.2 Å². The maximum atomic E-state index is 12.8. The van der Waals surface area contributed by atoms with Crippen LogP contribution < -0.4 is 14.2 Å². The van der Waals surface area contributed by atoms with Crippen molar-refractivity contribution in [3.63, 3.8) is 0 Å². The monoisotopic (exact) mass is 383 g/mol. The lowest BCUT2D eigenvalue weighted by atomic mass is 10.0. The van der Waals surface area contributed by atoms with Crippen LogP contribution in [-0.4, -0.2) is 44.2 Å². The van der Waals surface area contributed by atoms with Crippen LogP contribution in [0, 0.1) is 13.8 Å². The molecule has 0 aromatic heterocycles. The average molecular weight is 383 g/mol. The Morgan fingerprint density at radius 3 is 2.43 bits per heavy atom. The summed E-state index contributed by atoms with van der Waals surface area (Å²) in [5.74, 6) is 2.47. The van der Waals surface area contributed by atoms with Crippen molar-refractivity contribution in [2.24, 2.45) is 0 Å². The van der Waals surface area contributed by atoms with E-state index < -0.39 is 0 Å². The lowest BCUT2D eigenvalue weighted by Gasteiger charge is -2.32. The zero-order valence-corrected chi connectivity index (χ0v) is 17.2. The number of hydrogen-bond acceptors (Lipinski definition) is 4. The van der Waals surface area contributed by atoms with Gasteiger partial charge in [0, 0.05) is 37.6 Å². The third-order valence-electron chi connectivity index (χ3n) is 5.27. The fourth-order valence-corrected chi connectivity index (χ4v) is 3.51. The predicted octanol–water partition coefficient (Wildman–Crippen LogP) is 3.93. The molecule has 0 N–H and O–H groups in total. The fraction of sp³-hybridized carbons (Fsp3) is 0.435. The Kier molecular flexibility index (Phi) is 6.45. The number of hydrogen-bond donors (Lipinski definition) is 0. The molecule has 1 fully saturated rings. The standard InChI is InChI=1S/C23H29NO4/c1-16-5-6-17(2)21(13-16)28-19-9-11-24(12-10-19)23(25)14-18-7-8-20(26-3)15-22(18)27-4/h5-8,13,15,19H,9-12,14H2,1-4H3. The molecule has 3 rings (SSSR count). The number of amides is 1. The summed E-state index contributed by atoms with van der Waals surface area (Å²) in [4.78, 5) is 14.7. The fourth-order valence-electron chi connectivity index (χ4n) is 3.51. The first kappa shape index (κ1) is 20.1. The van der Waals surface area contributed by atoms with Crippen molar-refractivity contribution in [1.82, 2.24) is 4.90 Å². The van der Waals surface area contributed by atoms with E-state index in [2.05, 4.69) is 32.0 Å². The molecule has 1 amide bonds. The molecular weight excluding hydrogens is 354 g/mol. The second-order valence-electron chi connectivity index (χ2n) is 7.32. The molecule has 0 aliphatic carbocycles. The van der Waals surface area contributed by atoms with Crippen molar-refractivity contribution in [3.05, 3.63) is 53.1 Å². The Morgan fingerprint density at radius 1 is 1.00 bits per heavy atom. The lowest BCUT2D eigenvalue weighted by molar-refractivity contribution is -0.132. The molecule has 1 saturated heterocycles. The van der Waals surface area contributed by atoms with Crippen LogP contribution >= 0.6 is 0 Å². The van der Waals surface area contributed by atoms with Crippen LogP contribution in [0.4, 0.5) is 0 Å². The molecule has 1 heterocycles. The Morgan fingerprint density at radius 2 is 1.75 bits per heavy atom. The van der Waals surface area contributed by atoms with Crippen LogP contribution in [0.1, 0.15) is 29.5 Å². The van der Waals surface area contributed by atoms with Crippen molar-refractivity contribution in [2.45, 2.75) is 39.2 Å². The van der Waals surface area contributed by atoms with Gasteiger partial charge in [-0.3, -0.25) is 4.79 Å². The second-order valence-corrected chi connectivity index (χ2v) is 7.32. The van der Waals surface area contributed by atoms with Gasteiger partial charge in [-0.1, -0.05) is 18.2 Å². The van der Waals surface area contributed by atoms with Crippen molar-refractivity contribution >= 4 is 5.91 Å². The van der Waals surface area contributed by atoms with Crippen molar-refractivity contribution < 1.29 is 19.0 Å². The van der Waals surface area contributed by atoms with Gasteiger partial charge in [-0.15, -0.1) is 0 Å². The molecule has 28 heavy (non-hydrogen) atoms. The Bertz CT molecular complexity index is 825. The number of piperidine rings is 1. The SMILES string of the molecule is COc1ccc(CC(=O)N2CCC(Oc3cc(C)ccc3C)CC2)c(OC)c1. The molecule has 150 valence electrons. The van der Waals surface area contributed by atoms with Gasteiger partial charge in [-0.05, 0) is 37.1 Å². The van der Waals surface area contributed by atoms with Gasteiger partial charge in [-0.25, -0.2) is 0 Å². The number of nitrogens with zero attached hydrogens (tertiary/aromatic N) is 1. The minimum absolute atomic E-state index is 0.119. The summed E-state index contributed by atoms with van der Waals surface area (Å²) < 4.78 is 16.8. The summed E-state index contributed by atoms with van der Waals surface area (Å²) in [6, 6.07) is 11.8. The number of benzene rings is 2. The van der Waals surface area contributed by atoms with Gasteiger partial charge >= 0.3 is 0 Å². The predicted molar refractivity (Wildman–Crippen MR) is 109 cm³/mol. The Balaban J connectivity index is 1.56. The number of carbonyl (C=O) groups is 1. The molecule has 5 nitrogen and oxygen atoms in total. The van der Waals surface area contributed by atoms with E-state index in [1.165, 1.54) is 5.56 Å². The summed E-state index contributed by atoms with van der Waals surface area (Å²) >= 11 is 0. The largest absolute Gasteiger partial charge is 0.497 e. The maximum absolute atomic E-state index is 12.8. The van der Waals surface area contributed by atoms with Crippen LogP contribution in [0.2, 0.25) is 0 Å². The van der Waals surface area contributed by atoms with Gasteiger partial charge in [-0.2, -0.15) is 0 Å². The number of carbonyl (C=O) groups excluding carboxylic acids is 1. The minimum Gasteiger partial charge on any atom is -0.497 e. The number of aryl methyl sites for hydroxylation is 2. The number of likely N-dealkylation sites (tertiary alicyclic amines) is 1. The summed E-state index contributed by atoms with van der Waals surface area (Å²) in [5, 5.41) is 0. The van der Waals surface area contributed by atoms with Gasteiger partial charge in [0.05, 0.1) is 20.6 Å². The van der Waals surface area contributed by atoms with Crippen LogP contribution in [0.3, 0.4) is 0 Å². The third-order valence-corrected chi connectivity index (χ3v) is 5.27. The zero-order valence-electron chi connectivity index (χ0n) is 17.2. The quantitative estimate of drug-likeness (QED) is 0.758. The van der Waals surface area contributed by atoms with Gasteiger partial charge in [0.2, 0.25) is 5.91 Å². The van der Waals surface area contributed by atoms with E-state index in [1.807, 2.05) is 23.1 Å². The normalized spacial score (nSPS) is 14.6. The van der Waals surface area contributed by atoms with Gasteiger partial charge < -0.3 is 19.1 Å². The van der Waals surface area contributed by atoms with E-state index in [0.29, 0.717) is 25.3 Å².